The Bertz CT molecular complexity index is 672. The van der Waals surface area contributed by atoms with Gasteiger partial charge in [-0.05, 0) is 37.9 Å². The van der Waals surface area contributed by atoms with E-state index in [-0.39, 0.29) is 0 Å². The first kappa shape index (κ1) is 13.5. The molecular weight excluding hydrogens is 272 g/mol. The van der Waals surface area contributed by atoms with E-state index in [0.29, 0.717) is 30.6 Å². The van der Waals surface area contributed by atoms with Gasteiger partial charge in [-0.15, -0.1) is 15.3 Å². The third-order valence-electron chi connectivity index (χ3n) is 2.97. The molecule has 0 saturated carbocycles. The largest absolute Gasteiger partial charge is 0.459 e. The second-order valence-corrected chi connectivity index (χ2v) is 4.63. The van der Waals surface area contributed by atoms with Crippen LogP contribution in [0.4, 0.5) is 0 Å². The molecule has 0 aliphatic carbocycles. The number of furan rings is 1. The van der Waals surface area contributed by atoms with Gasteiger partial charge in [0.25, 0.3) is 5.89 Å². The Morgan fingerprint density at radius 3 is 2.95 bits per heavy atom. The molecule has 0 bridgehead atoms. The number of nitrogens with two attached hydrogens (primary N) is 1. The fraction of sp³-hybridized carbons (Fsp3) is 0.385. The summed E-state index contributed by atoms with van der Waals surface area (Å²) < 4.78 is 12.4. The fourth-order valence-corrected chi connectivity index (χ4v) is 1.94. The van der Waals surface area contributed by atoms with Crippen LogP contribution in [-0.2, 0) is 13.0 Å². The SMILES string of the molecule is NCCCCc1cn(Cc2nnc(-c3ccco3)o2)nn1. The first-order valence-electron chi connectivity index (χ1n) is 6.80. The maximum Gasteiger partial charge on any atom is 0.283 e. The first-order chi connectivity index (χ1) is 10.3. The monoisotopic (exact) mass is 288 g/mol. The van der Waals surface area contributed by atoms with Gasteiger partial charge in [0, 0.05) is 6.20 Å². The molecule has 0 aliphatic heterocycles. The Kier molecular flexibility index (Phi) is 4.06. The van der Waals surface area contributed by atoms with Crippen LogP contribution < -0.4 is 5.73 Å². The number of hydrogen-bond donors (Lipinski definition) is 1. The lowest BCUT2D eigenvalue weighted by Gasteiger charge is -1.94. The van der Waals surface area contributed by atoms with Crippen molar-refractivity contribution in [1.29, 1.82) is 0 Å². The van der Waals surface area contributed by atoms with Crippen LogP contribution in [-0.4, -0.2) is 31.7 Å². The molecule has 0 aliphatic rings. The number of aryl methyl sites for hydroxylation is 1. The van der Waals surface area contributed by atoms with Crippen LogP contribution in [0.25, 0.3) is 11.7 Å². The van der Waals surface area contributed by atoms with Gasteiger partial charge in [-0.1, -0.05) is 5.21 Å². The second-order valence-electron chi connectivity index (χ2n) is 4.63. The normalized spacial score (nSPS) is 11.1. The van der Waals surface area contributed by atoms with Crippen molar-refractivity contribution in [3.63, 3.8) is 0 Å². The van der Waals surface area contributed by atoms with Gasteiger partial charge < -0.3 is 14.6 Å². The summed E-state index contributed by atoms with van der Waals surface area (Å²) in [7, 11) is 0. The lowest BCUT2D eigenvalue weighted by atomic mass is 10.2. The van der Waals surface area contributed by atoms with Crippen LogP contribution in [0.3, 0.4) is 0 Å². The molecule has 8 nitrogen and oxygen atoms in total. The molecule has 0 aromatic carbocycles. The van der Waals surface area contributed by atoms with E-state index in [1.54, 1.807) is 23.1 Å². The van der Waals surface area contributed by atoms with E-state index in [4.69, 9.17) is 14.6 Å². The van der Waals surface area contributed by atoms with Crippen molar-refractivity contribution in [3.8, 4) is 11.7 Å². The molecule has 8 heteroatoms. The van der Waals surface area contributed by atoms with E-state index in [9.17, 15) is 0 Å². The summed E-state index contributed by atoms with van der Waals surface area (Å²) >= 11 is 0. The molecule has 0 fully saturated rings. The van der Waals surface area contributed by atoms with Gasteiger partial charge >= 0.3 is 0 Å². The molecule has 0 unspecified atom stereocenters. The Morgan fingerprint density at radius 1 is 1.19 bits per heavy atom. The molecule has 0 amide bonds. The third kappa shape index (κ3) is 3.34. The highest BCUT2D eigenvalue weighted by molar-refractivity contribution is 5.42. The van der Waals surface area contributed by atoms with Crippen molar-refractivity contribution < 1.29 is 8.83 Å². The van der Waals surface area contributed by atoms with E-state index in [1.807, 2.05) is 6.20 Å². The minimum absolute atomic E-state index is 0.360. The van der Waals surface area contributed by atoms with Crippen LogP contribution >= 0.6 is 0 Å². The lowest BCUT2D eigenvalue weighted by molar-refractivity contribution is 0.454. The van der Waals surface area contributed by atoms with Gasteiger partial charge in [0.2, 0.25) is 5.89 Å². The van der Waals surface area contributed by atoms with E-state index < -0.39 is 0 Å². The molecule has 0 saturated heterocycles. The average Bonchev–Trinajstić information content (AvgIpc) is 3.20. The van der Waals surface area contributed by atoms with E-state index in [1.165, 1.54) is 0 Å². The zero-order valence-electron chi connectivity index (χ0n) is 11.5. The molecule has 2 N–H and O–H groups in total. The second kappa shape index (κ2) is 6.31. The zero-order valence-corrected chi connectivity index (χ0v) is 11.5. The maximum absolute atomic E-state index is 5.52. The number of nitrogens with zero attached hydrogens (tertiary/aromatic N) is 5. The third-order valence-corrected chi connectivity index (χ3v) is 2.97. The average molecular weight is 288 g/mol. The summed E-state index contributed by atoms with van der Waals surface area (Å²) in [5.41, 5.74) is 6.41. The Hall–Kier alpha value is -2.48. The van der Waals surface area contributed by atoms with Crippen LogP contribution in [0.2, 0.25) is 0 Å². The highest BCUT2D eigenvalue weighted by Crippen LogP contribution is 2.18. The summed E-state index contributed by atoms with van der Waals surface area (Å²) in [5.74, 6) is 1.37. The van der Waals surface area contributed by atoms with Crippen molar-refractivity contribution in [3.05, 3.63) is 36.2 Å². The van der Waals surface area contributed by atoms with Crippen LogP contribution in [0.15, 0.2) is 33.4 Å². The minimum atomic E-state index is 0.360. The molecule has 0 radical (unpaired) electrons. The van der Waals surface area contributed by atoms with Crippen molar-refractivity contribution in [1.82, 2.24) is 25.2 Å². The summed E-state index contributed by atoms with van der Waals surface area (Å²) in [4.78, 5) is 0. The Balaban J connectivity index is 1.61. The summed E-state index contributed by atoms with van der Waals surface area (Å²) in [6, 6.07) is 3.53. The standard InChI is InChI=1S/C13H16N6O2/c14-6-2-1-4-10-8-19(18-15-10)9-12-16-17-13(21-12)11-5-3-7-20-11/h3,5,7-8H,1-2,4,6,9,14H2. The van der Waals surface area contributed by atoms with E-state index in [0.717, 1.165) is 25.0 Å². The van der Waals surface area contributed by atoms with Gasteiger partial charge in [-0.2, -0.15) is 0 Å². The molecule has 0 atom stereocenters. The number of rotatable bonds is 7. The molecule has 21 heavy (non-hydrogen) atoms. The number of unbranched alkanes of at least 4 members (excludes halogenated alkanes) is 1. The predicted octanol–water partition coefficient (Wildman–Crippen LogP) is 1.25. The Morgan fingerprint density at radius 2 is 2.14 bits per heavy atom. The number of hydrogen-bond acceptors (Lipinski definition) is 7. The fourth-order valence-electron chi connectivity index (χ4n) is 1.94. The van der Waals surface area contributed by atoms with Gasteiger partial charge in [-0.25, -0.2) is 4.68 Å². The van der Waals surface area contributed by atoms with Gasteiger partial charge in [0.1, 0.15) is 6.54 Å². The molecule has 110 valence electrons. The van der Waals surface area contributed by atoms with Crippen molar-refractivity contribution >= 4 is 0 Å². The predicted molar refractivity (Wildman–Crippen MR) is 73.1 cm³/mol. The number of aromatic nitrogens is 5. The molecule has 3 rings (SSSR count). The van der Waals surface area contributed by atoms with Crippen LogP contribution in [0.5, 0.6) is 0 Å². The van der Waals surface area contributed by atoms with Crippen molar-refractivity contribution in [2.75, 3.05) is 6.54 Å². The van der Waals surface area contributed by atoms with Gasteiger partial charge in [0.15, 0.2) is 5.76 Å². The quantitative estimate of drug-likeness (QED) is 0.651. The van der Waals surface area contributed by atoms with Gasteiger partial charge in [-0.3, -0.25) is 0 Å². The maximum atomic E-state index is 5.52. The molecule has 3 heterocycles. The van der Waals surface area contributed by atoms with Crippen molar-refractivity contribution in [2.24, 2.45) is 5.73 Å². The van der Waals surface area contributed by atoms with E-state index in [2.05, 4.69) is 20.5 Å². The molecule has 3 aromatic heterocycles. The lowest BCUT2D eigenvalue weighted by Crippen LogP contribution is -2.00. The smallest absolute Gasteiger partial charge is 0.283 e. The highest BCUT2D eigenvalue weighted by atomic mass is 16.4. The first-order valence-corrected chi connectivity index (χ1v) is 6.80. The summed E-state index contributed by atoms with van der Waals surface area (Å²) in [6.45, 7) is 1.09. The van der Waals surface area contributed by atoms with Crippen LogP contribution in [0, 0.1) is 0 Å². The molecular formula is C13H16N6O2. The van der Waals surface area contributed by atoms with Gasteiger partial charge in [0.05, 0.1) is 12.0 Å². The van der Waals surface area contributed by atoms with Crippen LogP contribution in [0.1, 0.15) is 24.4 Å². The minimum Gasteiger partial charge on any atom is -0.459 e. The van der Waals surface area contributed by atoms with Crippen molar-refractivity contribution in [2.45, 2.75) is 25.8 Å². The summed E-state index contributed by atoms with van der Waals surface area (Å²) in [6.07, 6.45) is 6.32. The molecule has 3 aromatic rings. The zero-order chi connectivity index (χ0) is 14.5. The molecule has 0 spiro atoms. The van der Waals surface area contributed by atoms with E-state index >= 15 is 0 Å². The highest BCUT2D eigenvalue weighted by Gasteiger charge is 2.11. The Labute approximate surface area is 121 Å². The summed E-state index contributed by atoms with van der Waals surface area (Å²) in [5, 5.41) is 16.1. The topological polar surface area (TPSA) is 109 Å².